The Hall–Kier alpha value is -3.26. The summed E-state index contributed by atoms with van der Waals surface area (Å²) >= 11 is 1.22. The van der Waals surface area contributed by atoms with Crippen LogP contribution >= 0.6 is 11.3 Å². The number of carbonyl (C=O) groups is 4. The molecule has 146 valence electrons. The predicted octanol–water partition coefficient (Wildman–Crippen LogP) is 2.29. The van der Waals surface area contributed by atoms with Crippen LogP contribution in [0.5, 0.6) is 0 Å². The Balaban J connectivity index is 1.99. The van der Waals surface area contributed by atoms with E-state index in [2.05, 4.69) is 10.6 Å². The van der Waals surface area contributed by atoms with Gasteiger partial charge in [-0.1, -0.05) is 30.3 Å². The first-order valence-corrected chi connectivity index (χ1v) is 9.24. The summed E-state index contributed by atoms with van der Waals surface area (Å²) in [6.45, 7) is 2.57. The van der Waals surface area contributed by atoms with E-state index in [0.29, 0.717) is 17.0 Å². The Bertz CT molecular complexity index is 902. The Kier molecular flexibility index (Phi) is 7.65. The molecule has 0 aliphatic heterocycles. The fourth-order valence-electron chi connectivity index (χ4n) is 2.17. The first-order valence-electron chi connectivity index (χ1n) is 8.43. The minimum absolute atomic E-state index is 0.0518. The number of nitrogens with one attached hydrogen (secondary N) is 2. The summed E-state index contributed by atoms with van der Waals surface area (Å²) in [5, 5.41) is 5.07. The molecule has 2 aromatic rings. The molecular formula is C20H20N2O5S. The van der Waals surface area contributed by atoms with Crippen LogP contribution in [0.4, 0.5) is 0 Å². The van der Waals surface area contributed by atoms with E-state index < -0.39 is 18.5 Å². The molecule has 1 heterocycles. The summed E-state index contributed by atoms with van der Waals surface area (Å²) in [6, 6.07) is 12.3. The fourth-order valence-corrected chi connectivity index (χ4v) is 3.04. The van der Waals surface area contributed by atoms with Gasteiger partial charge in [-0.3, -0.25) is 14.4 Å². The minimum atomic E-state index is -0.803. The number of esters is 1. The molecule has 8 heteroatoms. The van der Waals surface area contributed by atoms with Crippen LogP contribution in [0.2, 0.25) is 0 Å². The highest BCUT2D eigenvalue weighted by molar-refractivity contribution is 7.14. The van der Waals surface area contributed by atoms with Crippen molar-refractivity contribution in [2.45, 2.75) is 20.4 Å². The maximum absolute atomic E-state index is 12.3. The summed E-state index contributed by atoms with van der Waals surface area (Å²) in [4.78, 5) is 48.1. The SMILES string of the molecule is CC(=O)NCc1ccc(C(=O)COC(=O)/C(=C/c2ccccc2)NC(C)=O)s1. The van der Waals surface area contributed by atoms with Gasteiger partial charge in [0.25, 0.3) is 0 Å². The van der Waals surface area contributed by atoms with Gasteiger partial charge in [0, 0.05) is 18.7 Å². The highest BCUT2D eigenvalue weighted by Crippen LogP contribution is 2.17. The van der Waals surface area contributed by atoms with E-state index in [1.165, 1.54) is 31.3 Å². The number of thiophene rings is 1. The molecule has 28 heavy (non-hydrogen) atoms. The van der Waals surface area contributed by atoms with E-state index in [-0.39, 0.29) is 17.4 Å². The van der Waals surface area contributed by atoms with Crippen molar-refractivity contribution < 1.29 is 23.9 Å². The summed E-state index contributed by atoms with van der Waals surface area (Å²) < 4.78 is 5.07. The number of ether oxygens (including phenoxy) is 1. The second-order valence-corrected chi connectivity index (χ2v) is 6.99. The third-order valence-corrected chi connectivity index (χ3v) is 4.55. The van der Waals surface area contributed by atoms with Gasteiger partial charge < -0.3 is 15.4 Å². The zero-order valence-electron chi connectivity index (χ0n) is 15.5. The first kappa shape index (κ1) is 21.0. The number of hydrogen-bond donors (Lipinski definition) is 2. The van der Waals surface area contributed by atoms with Crippen LogP contribution in [0.1, 0.15) is 34.0 Å². The summed E-state index contributed by atoms with van der Waals surface area (Å²) in [5.74, 6) is -1.76. The van der Waals surface area contributed by atoms with E-state index in [1.807, 2.05) is 6.07 Å². The zero-order valence-corrected chi connectivity index (χ0v) is 16.3. The lowest BCUT2D eigenvalue weighted by atomic mass is 10.2. The Labute approximate surface area is 166 Å². The average Bonchev–Trinajstić information content (AvgIpc) is 3.13. The maximum atomic E-state index is 12.3. The van der Waals surface area contributed by atoms with E-state index in [4.69, 9.17) is 4.74 Å². The monoisotopic (exact) mass is 400 g/mol. The molecule has 0 saturated heterocycles. The third kappa shape index (κ3) is 6.81. The lowest BCUT2D eigenvalue weighted by Gasteiger charge is -2.08. The van der Waals surface area contributed by atoms with Crippen molar-refractivity contribution in [3.63, 3.8) is 0 Å². The molecular weight excluding hydrogens is 380 g/mol. The van der Waals surface area contributed by atoms with Crippen LogP contribution in [0, 0.1) is 0 Å². The van der Waals surface area contributed by atoms with E-state index in [1.54, 1.807) is 36.4 Å². The van der Waals surface area contributed by atoms with Crippen molar-refractivity contribution in [1.29, 1.82) is 0 Å². The second kappa shape index (κ2) is 10.2. The Morgan fingerprint density at radius 3 is 2.36 bits per heavy atom. The van der Waals surface area contributed by atoms with E-state index in [0.717, 1.165) is 4.88 Å². The van der Waals surface area contributed by atoms with E-state index >= 15 is 0 Å². The van der Waals surface area contributed by atoms with Gasteiger partial charge in [-0.25, -0.2) is 4.79 Å². The number of rotatable bonds is 8. The van der Waals surface area contributed by atoms with Gasteiger partial charge >= 0.3 is 5.97 Å². The van der Waals surface area contributed by atoms with Gasteiger partial charge in [0.05, 0.1) is 11.4 Å². The molecule has 2 N–H and O–H groups in total. The lowest BCUT2D eigenvalue weighted by Crippen LogP contribution is -2.27. The highest BCUT2D eigenvalue weighted by Gasteiger charge is 2.17. The van der Waals surface area contributed by atoms with Crippen molar-refractivity contribution >= 4 is 41.0 Å². The summed E-state index contributed by atoms with van der Waals surface area (Å²) in [5.41, 5.74) is 0.652. The van der Waals surface area contributed by atoms with Gasteiger partial charge in [-0.05, 0) is 23.8 Å². The number of amides is 2. The van der Waals surface area contributed by atoms with Crippen LogP contribution < -0.4 is 10.6 Å². The average molecular weight is 400 g/mol. The number of carbonyl (C=O) groups excluding carboxylic acids is 4. The van der Waals surface area contributed by atoms with Gasteiger partial charge in [0.1, 0.15) is 5.70 Å². The van der Waals surface area contributed by atoms with Gasteiger partial charge in [0.15, 0.2) is 6.61 Å². The van der Waals surface area contributed by atoms with Gasteiger partial charge in [-0.2, -0.15) is 0 Å². The molecule has 0 bridgehead atoms. The normalized spacial score (nSPS) is 10.9. The van der Waals surface area contributed by atoms with E-state index in [9.17, 15) is 19.2 Å². The van der Waals surface area contributed by atoms with Crippen molar-refractivity contribution in [1.82, 2.24) is 10.6 Å². The van der Waals surface area contributed by atoms with Gasteiger partial charge in [-0.15, -0.1) is 11.3 Å². The summed E-state index contributed by atoms with van der Waals surface area (Å²) in [7, 11) is 0. The molecule has 0 spiro atoms. The molecule has 7 nitrogen and oxygen atoms in total. The van der Waals surface area contributed by atoms with Crippen LogP contribution in [0.25, 0.3) is 6.08 Å². The number of ketones is 1. The number of hydrogen-bond acceptors (Lipinski definition) is 6. The molecule has 2 rings (SSSR count). The topological polar surface area (TPSA) is 102 Å². The lowest BCUT2D eigenvalue weighted by molar-refractivity contribution is -0.139. The van der Waals surface area contributed by atoms with Crippen molar-refractivity contribution in [2.75, 3.05) is 6.61 Å². The Morgan fingerprint density at radius 2 is 1.71 bits per heavy atom. The van der Waals surface area contributed by atoms with Crippen molar-refractivity contribution in [2.24, 2.45) is 0 Å². The number of benzene rings is 1. The van der Waals surface area contributed by atoms with Crippen LogP contribution in [0.15, 0.2) is 48.2 Å². The molecule has 0 fully saturated rings. The zero-order chi connectivity index (χ0) is 20.5. The Morgan fingerprint density at radius 1 is 1.00 bits per heavy atom. The van der Waals surface area contributed by atoms with Crippen molar-refractivity contribution in [3.05, 3.63) is 63.5 Å². The highest BCUT2D eigenvalue weighted by atomic mass is 32.1. The second-order valence-electron chi connectivity index (χ2n) is 5.82. The molecule has 0 radical (unpaired) electrons. The largest absolute Gasteiger partial charge is 0.453 e. The maximum Gasteiger partial charge on any atom is 0.355 e. The van der Waals surface area contributed by atoms with Crippen LogP contribution in [-0.4, -0.2) is 30.2 Å². The predicted molar refractivity (Wildman–Crippen MR) is 105 cm³/mol. The van der Waals surface area contributed by atoms with Crippen LogP contribution in [0.3, 0.4) is 0 Å². The molecule has 1 aromatic carbocycles. The smallest absolute Gasteiger partial charge is 0.355 e. The molecule has 0 unspecified atom stereocenters. The summed E-state index contributed by atoms with van der Waals surface area (Å²) in [6.07, 6.45) is 1.48. The molecule has 1 aromatic heterocycles. The first-order chi connectivity index (χ1) is 13.3. The van der Waals surface area contributed by atoms with Crippen LogP contribution in [-0.2, 0) is 25.7 Å². The molecule has 0 aliphatic rings. The molecule has 2 amide bonds. The number of Topliss-reactive ketones (excluding diaryl/α,β-unsaturated/α-hetero) is 1. The quantitative estimate of drug-likeness (QED) is 0.402. The molecule has 0 aliphatic carbocycles. The van der Waals surface area contributed by atoms with Crippen molar-refractivity contribution in [3.8, 4) is 0 Å². The minimum Gasteiger partial charge on any atom is -0.453 e. The standard InChI is InChI=1S/C20H20N2O5S/c1-13(23)21-11-16-8-9-19(28-16)18(25)12-27-20(26)17(22-14(2)24)10-15-6-4-3-5-7-15/h3-10H,11-12H2,1-2H3,(H,21,23)(H,22,24)/b17-10-. The molecule has 0 saturated carbocycles. The molecule has 0 atom stereocenters. The third-order valence-electron chi connectivity index (χ3n) is 3.42. The van der Waals surface area contributed by atoms with Gasteiger partial charge in [0.2, 0.25) is 17.6 Å². The fraction of sp³-hybridized carbons (Fsp3) is 0.200.